The van der Waals surface area contributed by atoms with E-state index < -0.39 is 22.5 Å². The lowest BCUT2D eigenvalue weighted by molar-refractivity contribution is -0.134. The predicted molar refractivity (Wildman–Crippen MR) is 98.8 cm³/mol. The summed E-state index contributed by atoms with van der Waals surface area (Å²) in [5.74, 6) is -0.0762. The number of para-hydroxylation sites is 2. The maximum Gasteiger partial charge on any atom is 0.326 e. The molecule has 0 saturated heterocycles. The lowest BCUT2D eigenvalue weighted by Crippen LogP contribution is -2.34. The van der Waals surface area contributed by atoms with E-state index in [9.17, 15) is 13.2 Å². The van der Waals surface area contributed by atoms with E-state index in [0.717, 1.165) is 10.7 Å². The number of likely N-dealkylation sites (N-methyl/N-ethyl adjacent to an activating group) is 1. The molecule has 0 atom stereocenters. The monoisotopic (exact) mass is 388 g/mol. The Kier molecular flexibility index (Phi) is 6.93. The average Bonchev–Trinajstić information content (AvgIpc) is 2.67. The third-order valence-corrected chi connectivity index (χ3v) is 5.40. The van der Waals surface area contributed by atoms with E-state index in [4.69, 9.17) is 14.7 Å². The number of hydrogen-bond donors (Lipinski definition) is 0. The Labute approximate surface area is 158 Å². The predicted octanol–water partition coefficient (Wildman–Crippen LogP) is 2.57. The third-order valence-electron chi connectivity index (χ3n) is 3.58. The van der Waals surface area contributed by atoms with Crippen LogP contribution in [0.1, 0.15) is 18.9 Å². The van der Waals surface area contributed by atoms with Gasteiger partial charge in [0.15, 0.2) is 11.5 Å². The maximum absolute atomic E-state index is 12.5. The van der Waals surface area contributed by atoms with Gasteiger partial charge in [-0.3, -0.25) is 4.79 Å². The molecule has 0 heterocycles. The number of carbonyl (C=O) groups is 1. The van der Waals surface area contributed by atoms with Crippen LogP contribution in [0.25, 0.3) is 0 Å². The molecule has 0 N–H and O–H groups in total. The van der Waals surface area contributed by atoms with Gasteiger partial charge in [-0.1, -0.05) is 19.1 Å². The molecule has 2 aromatic rings. The van der Waals surface area contributed by atoms with Crippen LogP contribution >= 0.6 is 0 Å². The van der Waals surface area contributed by atoms with Crippen molar-refractivity contribution >= 4 is 16.0 Å². The van der Waals surface area contributed by atoms with Crippen LogP contribution in [0.3, 0.4) is 0 Å². The number of nitrogens with zero attached hydrogens (tertiary/aromatic N) is 2. The number of rotatable bonds is 8. The molecule has 2 rings (SSSR count). The van der Waals surface area contributed by atoms with Crippen molar-refractivity contribution in [1.82, 2.24) is 4.31 Å². The Bertz CT molecular complexity index is 933. The first-order valence-electron chi connectivity index (χ1n) is 8.27. The Morgan fingerprint density at radius 3 is 2.33 bits per heavy atom. The first-order valence-corrected chi connectivity index (χ1v) is 9.71. The number of benzene rings is 2. The second-order valence-electron chi connectivity index (χ2n) is 5.67. The van der Waals surface area contributed by atoms with E-state index >= 15 is 0 Å². The van der Waals surface area contributed by atoms with Gasteiger partial charge >= 0.3 is 5.97 Å². The van der Waals surface area contributed by atoms with Crippen molar-refractivity contribution in [1.29, 1.82) is 5.26 Å². The smallest absolute Gasteiger partial charge is 0.326 e. The van der Waals surface area contributed by atoms with Crippen molar-refractivity contribution in [2.24, 2.45) is 0 Å². The second kappa shape index (κ2) is 9.16. The average molecular weight is 388 g/mol. The summed E-state index contributed by atoms with van der Waals surface area (Å²) < 4.78 is 36.8. The highest BCUT2D eigenvalue weighted by Gasteiger charge is 2.24. The van der Waals surface area contributed by atoms with Crippen LogP contribution in [0, 0.1) is 11.3 Å². The molecular formula is C19H20N2O5S. The summed E-state index contributed by atoms with van der Waals surface area (Å²) in [5.41, 5.74) is 0.347. The molecular weight excluding hydrogens is 368 g/mol. The van der Waals surface area contributed by atoms with Gasteiger partial charge in [0.2, 0.25) is 10.0 Å². The summed E-state index contributed by atoms with van der Waals surface area (Å²) in [4.78, 5) is 12.2. The molecule has 0 spiro atoms. The fourth-order valence-corrected chi connectivity index (χ4v) is 3.28. The zero-order valence-electron chi connectivity index (χ0n) is 15.1. The van der Waals surface area contributed by atoms with E-state index in [1.54, 1.807) is 24.3 Å². The van der Waals surface area contributed by atoms with Crippen LogP contribution in [-0.4, -0.2) is 38.9 Å². The van der Waals surface area contributed by atoms with Crippen LogP contribution in [0.4, 0.5) is 0 Å². The van der Waals surface area contributed by atoms with Crippen LogP contribution < -0.4 is 9.47 Å². The molecule has 0 aliphatic rings. The standard InChI is InChI=1S/C19H20N2O5S/c1-3-12-25-17-6-4-5-7-18(17)26-19(22)14-21(2)27(23,24)16-10-8-15(13-20)9-11-16/h4-11H,3,12,14H2,1-2H3. The van der Waals surface area contributed by atoms with Gasteiger partial charge < -0.3 is 9.47 Å². The van der Waals surface area contributed by atoms with Crippen molar-refractivity contribution in [2.45, 2.75) is 18.2 Å². The van der Waals surface area contributed by atoms with Crippen LogP contribution in [-0.2, 0) is 14.8 Å². The molecule has 8 heteroatoms. The maximum atomic E-state index is 12.5. The molecule has 142 valence electrons. The zero-order chi connectivity index (χ0) is 19.9. The molecule has 0 amide bonds. The van der Waals surface area contributed by atoms with Crippen LogP contribution in [0.5, 0.6) is 11.5 Å². The van der Waals surface area contributed by atoms with Crippen molar-refractivity contribution < 1.29 is 22.7 Å². The minimum absolute atomic E-state index is 0.0107. The molecule has 0 aromatic heterocycles. The van der Waals surface area contributed by atoms with Gasteiger partial charge in [-0.2, -0.15) is 9.57 Å². The fourth-order valence-electron chi connectivity index (χ4n) is 2.17. The van der Waals surface area contributed by atoms with Gasteiger partial charge in [0.05, 0.1) is 23.1 Å². The lowest BCUT2D eigenvalue weighted by atomic mass is 10.2. The van der Waals surface area contributed by atoms with E-state index in [1.807, 2.05) is 13.0 Å². The van der Waals surface area contributed by atoms with Crippen LogP contribution in [0.15, 0.2) is 53.4 Å². The Morgan fingerprint density at radius 2 is 1.74 bits per heavy atom. The summed E-state index contributed by atoms with van der Waals surface area (Å²) in [6, 6.07) is 14.1. The lowest BCUT2D eigenvalue weighted by Gasteiger charge is -2.17. The first-order chi connectivity index (χ1) is 12.9. The molecule has 0 radical (unpaired) electrons. The van der Waals surface area contributed by atoms with E-state index in [-0.39, 0.29) is 10.6 Å². The highest BCUT2D eigenvalue weighted by atomic mass is 32.2. The topological polar surface area (TPSA) is 96.7 Å². The molecule has 0 saturated carbocycles. The Hall–Kier alpha value is -2.89. The summed E-state index contributed by atoms with van der Waals surface area (Å²) in [6.45, 7) is 1.96. The zero-order valence-corrected chi connectivity index (χ0v) is 15.9. The molecule has 0 fully saturated rings. The van der Waals surface area contributed by atoms with E-state index in [2.05, 4.69) is 0 Å². The summed E-state index contributed by atoms with van der Waals surface area (Å²) >= 11 is 0. The molecule has 2 aromatic carbocycles. The van der Waals surface area contributed by atoms with Crippen LogP contribution in [0.2, 0.25) is 0 Å². The largest absolute Gasteiger partial charge is 0.490 e. The highest BCUT2D eigenvalue weighted by Crippen LogP contribution is 2.27. The molecule has 0 aliphatic heterocycles. The number of carbonyl (C=O) groups excluding carboxylic acids is 1. The van der Waals surface area contributed by atoms with Crippen molar-refractivity contribution in [2.75, 3.05) is 20.2 Å². The number of esters is 1. The minimum atomic E-state index is -3.88. The Morgan fingerprint density at radius 1 is 1.11 bits per heavy atom. The molecule has 0 unspecified atom stereocenters. The van der Waals surface area contributed by atoms with Gasteiger partial charge in [-0.15, -0.1) is 0 Å². The molecule has 0 bridgehead atoms. The summed E-state index contributed by atoms with van der Waals surface area (Å²) in [5, 5.41) is 8.79. The summed E-state index contributed by atoms with van der Waals surface area (Å²) in [6.07, 6.45) is 0.799. The number of hydrogen-bond acceptors (Lipinski definition) is 6. The quantitative estimate of drug-likeness (QED) is 0.509. The Balaban J connectivity index is 2.07. The van der Waals surface area contributed by atoms with Gasteiger partial charge in [-0.05, 0) is 42.8 Å². The molecule has 0 aliphatic carbocycles. The summed E-state index contributed by atoms with van der Waals surface area (Å²) in [7, 11) is -2.60. The van der Waals surface area contributed by atoms with Crippen molar-refractivity contribution in [3.8, 4) is 17.6 Å². The van der Waals surface area contributed by atoms with Gasteiger partial charge in [-0.25, -0.2) is 8.42 Å². The number of nitriles is 1. The molecule has 7 nitrogen and oxygen atoms in total. The SMILES string of the molecule is CCCOc1ccccc1OC(=O)CN(C)S(=O)(=O)c1ccc(C#N)cc1. The normalized spacial score (nSPS) is 11.0. The number of ether oxygens (including phenoxy) is 2. The first kappa shape index (κ1) is 20.4. The van der Waals surface area contributed by atoms with Crippen molar-refractivity contribution in [3.05, 3.63) is 54.1 Å². The van der Waals surface area contributed by atoms with E-state index in [0.29, 0.717) is 17.9 Å². The second-order valence-corrected chi connectivity index (χ2v) is 7.71. The van der Waals surface area contributed by atoms with E-state index in [1.165, 1.54) is 31.3 Å². The van der Waals surface area contributed by atoms with Gasteiger partial charge in [0.1, 0.15) is 6.54 Å². The number of sulfonamides is 1. The van der Waals surface area contributed by atoms with Crippen molar-refractivity contribution in [3.63, 3.8) is 0 Å². The van der Waals surface area contributed by atoms with Gasteiger partial charge in [0.25, 0.3) is 0 Å². The van der Waals surface area contributed by atoms with Gasteiger partial charge in [0, 0.05) is 7.05 Å². The minimum Gasteiger partial charge on any atom is -0.490 e. The third kappa shape index (κ3) is 5.29. The molecule has 27 heavy (non-hydrogen) atoms. The fraction of sp³-hybridized carbons (Fsp3) is 0.263. The highest BCUT2D eigenvalue weighted by molar-refractivity contribution is 7.89.